The number of amides is 1. The lowest BCUT2D eigenvalue weighted by Gasteiger charge is -2.33. The van der Waals surface area contributed by atoms with Gasteiger partial charge >= 0.3 is 5.97 Å². The molecule has 126 valence electrons. The maximum absolute atomic E-state index is 12.4. The van der Waals surface area contributed by atoms with Crippen LogP contribution in [0.15, 0.2) is 18.2 Å². The van der Waals surface area contributed by atoms with Gasteiger partial charge in [0.15, 0.2) is 0 Å². The van der Waals surface area contributed by atoms with E-state index in [4.69, 9.17) is 5.11 Å². The number of hydrogen-bond acceptors (Lipinski definition) is 2. The zero-order chi connectivity index (χ0) is 17.0. The van der Waals surface area contributed by atoms with Crippen LogP contribution in [0.25, 0.3) is 0 Å². The third kappa shape index (κ3) is 4.57. The van der Waals surface area contributed by atoms with E-state index in [0.717, 1.165) is 18.4 Å². The quantitative estimate of drug-likeness (QED) is 0.847. The number of benzene rings is 1. The Bertz CT molecular complexity index is 594. The predicted octanol–water partition coefficient (Wildman–Crippen LogP) is 3.11. The van der Waals surface area contributed by atoms with Gasteiger partial charge in [0.25, 0.3) is 0 Å². The number of nitrogens with one attached hydrogen (secondary N) is 1. The largest absolute Gasteiger partial charge is 0.481 e. The lowest BCUT2D eigenvalue weighted by Crippen LogP contribution is -2.51. The lowest BCUT2D eigenvalue weighted by molar-refractivity contribution is -0.139. The molecule has 1 aliphatic carbocycles. The number of aliphatic carboxylic acids is 1. The number of carbonyl (C=O) groups excluding carboxylic acids is 1. The van der Waals surface area contributed by atoms with Crippen molar-refractivity contribution >= 4 is 11.9 Å². The van der Waals surface area contributed by atoms with Crippen LogP contribution < -0.4 is 5.32 Å². The standard InChI is InChI=1S/C19H27NO3/c1-13(2)19(3,12-18(22)23)20-17(21)11-14-8-9-15-6-4-5-7-16(15)10-14/h8-10,13H,4-7,11-12H2,1-3H3,(H,20,21)(H,22,23). The van der Waals surface area contributed by atoms with Gasteiger partial charge in [0.05, 0.1) is 12.8 Å². The Morgan fingerprint density at radius 1 is 1.22 bits per heavy atom. The summed E-state index contributed by atoms with van der Waals surface area (Å²) in [7, 11) is 0. The van der Waals surface area contributed by atoms with E-state index in [1.807, 2.05) is 19.9 Å². The second kappa shape index (κ2) is 7.16. The van der Waals surface area contributed by atoms with Gasteiger partial charge in [-0.2, -0.15) is 0 Å². The van der Waals surface area contributed by atoms with Crippen LogP contribution in [0.5, 0.6) is 0 Å². The summed E-state index contributed by atoms with van der Waals surface area (Å²) in [5, 5.41) is 12.0. The van der Waals surface area contributed by atoms with Crippen molar-refractivity contribution in [3.8, 4) is 0 Å². The van der Waals surface area contributed by atoms with Gasteiger partial charge < -0.3 is 10.4 Å². The van der Waals surface area contributed by atoms with Crippen molar-refractivity contribution in [3.63, 3.8) is 0 Å². The zero-order valence-corrected chi connectivity index (χ0v) is 14.3. The number of fused-ring (bicyclic) bond motifs is 1. The van der Waals surface area contributed by atoms with Crippen LogP contribution in [-0.4, -0.2) is 22.5 Å². The van der Waals surface area contributed by atoms with Crippen molar-refractivity contribution in [2.75, 3.05) is 0 Å². The van der Waals surface area contributed by atoms with E-state index < -0.39 is 11.5 Å². The Morgan fingerprint density at radius 3 is 2.48 bits per heavy atom. The summed E-state index contributed by atoms with van der Waals surface area (Å²) in [6, 6.07) is 6.29. The molecule has 23 heavy (non-hydrogen) atoms. The summed E-state index contributed by atoms with van der Waals surface area (Å²) in [6.07, 6.45) is 4.91. The average molecular weight is 317 g/mol. The third-order valence-corrected chi connectivity index (χ3v) is 5.00. The Balaban J connectivity index is 2.04. The average Bonchev–Trinajstić information content (AvgIpc) is 2.45. The Labute approximate surface area is 138 Å². The molecule has 1 aromatic carbocycles. The third-order valence-electron chi connectivity index (χ3n) is 5.00. The molecule has 1 amide bonds. The van der Waals surface area contributed by atoms with E-state index in [9.17, 15) is 9.59 Å². The van der Waals surface area contributed by atoms with Gasteiger partial charge in [0, 0.05) is 5.54 Å². The van der Waals surface area contributed by atoms with Gasteiger partial charge in [-0.05, 0) is 55.2 Å². The number of carbonyl (C=O) groups is 2. The minimum Gasteiger partial charge on any atom is -0.481 e. The first-order valence-corrected chi connectivity index (χ1v) is 8.43. The summed E-state index contributed by atoms with van der Waals surface area (Å²) in [5.41, 5.74) is 3.04. The molecular formula is C19H27NO3. The van der Waals surface area contributed by atoms with Gasteiger partial charge in [0.2, 0.25) is 5.91 Å². The molecule has 4 nitrogen and oxygen atoms in total. The van der Waals surface area contributed by atoms with Crippen molar-refractivity contribution in [2.24, 2.45) is 5.92 Å². The first-order valence-electron chi connectivity index (χ1n) is 8.43. The number of hydrogen-bond donors (Lipinski definition) is 2. The summed E-state index contributed by atoms with van der Waals surface area (Å²) >= 11 is 0. The molecule has 0 saturated carbocycles. The van der Waals surface area contributed by atoms with Crippen LogP contribution in [0.2, 0.25) is 0 Å². The zero-order valence-electron chi connectivity index (χ0n) is 14.3. The maximum atomic E-state index is 12.4. The summed E-state index contributed by atoms with van der Waals surface area (Å²) < 4.78 is 0. The highest BCUT2D eigenvalue weighted by Gasteiger charge is 2.32. The molecule has 1 unspecified atom stereocenters. The molecule has 0 spiro atoms. The lowest BCUT2D eigenvalue weighted by atomic mass is 9.85. The number of aryl methyl sites for hydroxylation is 2. The van der Waals surface area contributed by atoms with Crippen LogP contribution in [0, 0.1) is 5.92 Å². The first-order chi connectivity index (χ1) is 10.8. The van der Waals surface area contributed by atoms with Crippen LogP contribution in [0.1, 0.15) is 56.7 Å². The SMILES string of the molecule is CC(C)C(C)(CC(=O)O)NC(=O)Cc1ccc2c(c1)CCCC2. The highest BCUT2D eigenvalue weighted by molar-refractivity contribution is 5.80. The summed E-state index contributed by atoms with van der Waals surface area (Å²) in [6.45, 7) is 5.67. The van der Waals surface area contributed by atoms with E-state index >= 15 is 0 Å². The molecule has 1 aliphatic rings. The van der Waals surface area contributed by atoms with Crippen molar-refractivity contribution in [3.05, 3.63) is 34.9 Å². The highest BCUT2D eigenvalue weighted by atomic mass is 16.4. The minimum absolute atomic E-state index is 0.0473. The molecule has 0 saturated heterocycles. The Morgan fingerprint density at radius 2 is 1.87 bits per heavy atom. The Hall–Kier alpha value is -1.84. The van der Waals surface area contributed by atoms with Gasteiger partial charge in [-0.15, -0.1) is 0 Å². The smallest absolute Gasteiger partial charge is 0.305 e. The molecule has 0 aliphatic heterocycles. The van der Waals surface area contributed by atoms with Crippen LogP contribution in [0.3, 0.4) is 0 Å². The van der Waals surface area contributed by atoms with Crippen LogP contribution in [0.4, 0.5) is 0 Å². The van der Waals surface area contributed by atoms with E-state index in [0.29, 0.717) is 6.42 Å². The van der Waals surface area contributed by atoms with Crippen LogP contribution in [-0.2, 0) is 28.9 Å². The topological polar surface area (TPSA) is 66.4 Å². The van der Waals surface area contributed by atoms with E-state index in [2.05, 4.69) is 17.4 Å². The predicted molar refractivity (Wildman–Crippen MR) is 90.4 cm³/mol. The summed E-state index contributed by atoms with van der Waals surface area (Å²) in [5.74, 6) is -0.959. The molecule has 4 heteroatoms. The number of rotatable bonds is 6. The summed E-state index contributed by atoms with van der Waals surface area (Å²) in [4.78, 5) is 23.4. The molecule has 2 N–H and O–H groups in total. The second-order valence-corrected chi connectivity index (χ2v) is 7.18. The van der Waals surface area contributed by atoms with Crippen molar-refractivity contribution < 1.29 is 14.7 Å². The van der Waals surface area contributed by atoms with Gasteiger partial charge in [-0.3, -0.25) is 9.59 Å². The van der Waals surface area contributed by atoms with E-state index in [1.54, 1.807) is 6.92 Å². The van der Waals surface area contributed by atoms with Crippen LogP contribution >= 0.6 is 0 Å². The maximum Gasteiger partial charge on any atom is 0.305 e. The fraction of sp³-hybridized carbons (Fsp3) is 0.579. The first kappa shape index (κ1) is 17.5. The molecule has 1 atom stereocenters. The molecule has 0 radical (unpaired) electrons. The van der Waals surface area contributed by atoms with E-state index in [-0.39, 0.29) is 18.2 Å². The molecule has 1 aromatic rings. The second-order valence-electron chi connectivity index (χ2n) is 7.18. The minimum atomic E-state index is -0.893. The molecule has 0 aromatic heterocycles. The van der Waals surface area contributed by atoms with Crippen molar-refractivity contribution in [2.45, 2.75) is 64.8 Å². The van der Waals surface area contributed by atoms with Crippen molar-refractivity contribution in [1.82, 2.24) is 5.32 Å². The van der Waals surface area contributed by atoms with Gasteiger partial charge in [-0.25, -0.2) is 0 Å². The number of carboxylic acids is 1. The monoisotopic (exact) mass is 317 g/mol. The van der Waals surface area contributed by atoms with Gasteiger partial charge in [0.1, 0.15) is 0 Å². The van der Waals surface area contributed by atoms with Gasteiger partial charge in [-0.1, -0.05) is 32.0 Å². The Kier molecular flexibility index (Phi) is 5.45. The molecule has 2 rings (SSSR count). The normalized spacial score (nSPS) is 16.5. The fourth-order valence-corrected chi connectivity index (χ4v) is 3.15. The molecule has 0 fully saturated rings. The molecule has 0 bridgehead atoms. The van der Waals surface area contributed by atoms with E-state index in [1.165, 1.54) is 24.0 Å². The fourth-order valence-electron chi connectivity index (χ4n) is 3.15. The van der Waals surface area contributed by atoms with Crippen molar-refractivity contribution in [1.29, 1.82) is 0 Å². The molecule has 0 heterocycles. The molecular weight excluding hydrogens is 290 g/mol. The number of carboxylic acid groups (broad SMARTS) is 1. The highest BCUT2D eigenvalue weighted by Crippen LogP contribution is 2.23.